The summed E-state index contributed by atoms with van der Waals surface area (Å²) in [6.45, 7) is 12.0. The standard InChI is InChI=1S/C17H22O/c1-5-8-14-13(4)16(18)11-15(12(2)3)17(14)9-6-7-10-17/h5-7,15H,1-2,8-11H2,3-4H3/t15-/m0/s1. The van der Waals surface area contributed by atoms with Gasteiger partial charge in [0.25, 0.3) is 0 Å². The van der Waals surface area contributed by atoms with E-state index in [4.69, 9.17) is 0 Å². The minimum absolute atomic E-state index is 0.109. The molecule has 1 atom stereocenters. The van der Waals surface area contributed by atoms with Gasteiger partial charge in [-0.3, -0.25) is 4.79 Å². The Bertz CT molecular complexity index is 454. The highest BCUT2D eigenvalue weighted by atomic mass is 16.1. The monoisotopic (exact) mass is 242 g/mol. The predicted octanol–water partition coefficient (Wildman–Crippen LogP) is 4.38. The minimum atomic E-state index is 0.109. The van der Waals surface area contributed by atoms with Crippen LogP contribution in [0.1, 0.15) is 39.5 Å². The number of hydrogen-bond donors (Lipinski definition) is 0. The molecule has 0 aliphatic heterocycles. The van der Waals surface area contributed by atoms with E-state index in [1.165, 1.54) is 5.57 Å². The Balaban J connectivity index is 2.54. The highest BCUT2D eigenvalue weighted by Gasteiger charge is 2.47. The fourth-order valence-corrected chi connectivity index (χ4v) is 3.63. The Morgan fingerprint density at radius 2 is 2.11 bits per heavy atom. The van der Waals surface area contributed by atoms with Crippen LogP contribution in [0.25, 0.3) is 0 Å². The van der Waals surface area contributed by atoms with Crippen molar-refractivity contribution in [2.24, 2.45) is 11.3 Å². The molecule has 0 N–H and O–H groups in total. The van der Waals surface area contributed by atoms with E-state index in [1.54, 1.807) is 0 Å². The average molecular weight is 242 g/mol. The lowest BCUT2D eigenvalue weighted by Gasteiger charge is -2.44. The summed E-state index contributed by atoms with van der Waals surface area (Å²) < 4.78 is 0. The predicted molar refractivity (Wildman–Crippen MR) is 76.2 cm³/mol. The Labute approximate surface area is 110 Å². The number of rotatable bonds is 3. The van der Waals surface area contributed by atoms with Gasteiger partial charge >= 0.3 is 0 Å². The summed E-state index contributed by atoms with van der Waals surface area (Å²) in [5, 5.41) is 0. The topological polar surface area (TPSA) is 17.1 Å². The molecule has 1 spiro atoms. The molecule has 2 rings (SSSR count). The lowest BCUT2D eigenvalue weighted by atomic mass is 9.59. The number of ketones is 1. The summed E-state index contributed by atoms with van der Waals surface area (Å²) in [7, 11) is 0. The van der Waals surface area contributed by atoms with Gasteiger partial charge in [-0.25, -0.2) is 0 Å². The van der Waals surface area contributed by atoms with E-state index in [1.807, 2.05) is 13.0 Å². The molecule has 0 saturated heterocycles. The van der Waals surface area contributed by atoms with E-state index < -0.39 is 0 Å². The maximum Gasteiger partial charge on any atom is 0.159 e. The molecule has 1 heteroatoms. The SMILES string of the molecule is C=CCC1=C(C)C(=O)C[C@@H](C(=C)C)C12CC=CC2. The molecule has 2 aliphatic carbocycles. The van der Waals surface area contributed by atoms with E-state index >= 15 is 0 Å². The molecule has 0 aromatic rings. The molecule has 0 radical (unpaired) electrons. The molecule has 18 heavy (non-hydrogen) atoms. The lowest BCUT2D eigenvalue weighted by molar-refractivity contribution is -0.117. The molecule has 0 saturated carbocycles. The van der Waals surface area contributed by atoms with Gasteiger partial charge in [0.1, 0.15) is 0 Å². The molecular formula is C17H22O. The highest BCUT2D eigenvalue weighted by Crippen LogP contribution is 2.55. The summed E-state index contributed by atoms with van der Waals surface area (Å²) >= 11 is 0. The third-order valence-corrected chi connectivity index (χ3v) is 4.60. The van der Waals surface area contributed by atoms with Gasteiger partial charge in [0.05, 0.1) is 0 Å². The van der Waals surface area contributed by atoms with Gasteiger partial charge in [0.2, 0.25) is 0 Å². The Kier molecular flexibility index (Phi) is 3.43. The first kappa shape index (κ1) is 13.1. The van der Waals surface area contributed by atoms with Crippen molar-refractivity contribution in [1.29, 1.82) is 0 Å². The fraction of sp³-hybridized carbons (Fsp3) is 0.471. The highest BCUT2D eigenvalue weighted by molar-refractivity contribution is 5.97. The van der Waals surface area contributed by atoms with Crippen molar-refractivity contribution >= 4 is 5.78 Å². The van der Waals surface area contributed by atoms with Crippen LogP contribution < -0.4 is 0 Å². The van der Waals surface area contributed by atoms with E-state index in [0.29, 0.717) is 12.3 Å². The van der Waals surface area contributed by atoms with Crippen LogP contribution in [0.4, 0.5) is 0 Å². The third-order valence-electron chi connectivity index (χ3n) is 4.60. The number of hydrogen-bond acceptors (Lipinski definition) is 1. The van der Waals surface area contributed by atoms with Crippen molar-refractivity contribution in [1.82, 2.24) is 0 Å². The average Bonchev–Trinajstić information content (AvgIpc) is 2.79. The molecule has 0 amide bonds. The van der Waals surface area contributed by atoms with E-state index in [9.17, 15) is 4.79 Å². The number of Topliss-reactive ketones (excluding diaryl/α,β-unsaturated/α-hetero) is 1. The molecule has 0 bridgehead atoms. The first-order valence-electron chi connectivity index (χ1n) is 6.67. The molecular weight excluding hydrogens is 220 g/mol. The van der Waals surface area contributed by atoms with Crippen LogP contribution in [0, 0.1) is 11.3 Å². The summed E-state index contributed by atoms with van der Waals surface area (Å²) in [6, 6.07) is 0. The van der Waals surface area contributed by atoms with Crippen molar-refractivity contribution in [2.45, 2.75) is 39.5 Å². The van der Waals surface area contributed by atoms with Crippen molar-refractivity contribution in [3.63, 3.8) is 0 Å². The molecule has 0 unspecified atom stereocenters. The van der Waals surface area contributed by atoms with Crippen LogP contribution >= 0.6 is 0 Å². The minimum Gasteiger partial charge on any atom is -0.295 e. The van der Waals surface area contributed by atoms with E-state index in [2.05, 4.69) is 32.2 Å². The van der Waals surface area contributed by atoms with Crippen molar-refractivity contribution in [3.8, 4) is 0 Å². The molecule has 0 fully saturated rings. The van der Waals surface area contributed by atoms with Gasteiger partial charge in [0.15, 0.2) is 5.78 Å². The van der Waals surface area contributed by atoms with Crippen LogP contribution in [0.3, 0.4) is 0 Å². The normalized spacial score (nSPS) is 25.9. The Hall–Kier alpha value is -1.37. The largest absolute Gasteiger partial charge is 0.295 e. The number of carbonyl (C=O) groups excluding carboxylic acids is 1. The third kappa shape index (κ3) is 1.82. The zero-order valence-corrected chi connectivity index (χ0v) is 11.5. The first-order chi connectivity index (χ1) is 8.53. The maximum atomic E-state index is 12.2. The summed E-state index contributed by atoms with van der Waals surface area (Å²) in [6.07, 6.45) is 9.96. The van der Waals surface area contributed by atoms with Gasteiger partial charge in [0, 0.05) is 11.8 Å². The van der Waals surface area contributed by atoms with Crippen molar-refractivity contribution in [3.05, 3.63) is 48.1 Å². The Morgan fingerprint density at radius 1 is 1.50 bits per heavy atom. The molecule has 0 aromatic carbocycles. The van der Waals surface area contributed by atoms with Crippen molar-refractivity contribution < 1.29 is 4.79 Å². The quantitative estimate of drug-likeness (QED) is 0.671. The number of carbonyl (C=O) groups is 1. The van der Waals surface area contributed by atoms with Gasteiger partial charge < -0.3 is 0 Å². The van der Waals surface area contributed by atoms with Crippen LogP contribution in [0.2, 0.25) is 0 Å². The lowest BCUT2D eigenvalue weighted by Crippen LogP contribution is -2.38. The van der Waals surface area contributed by atoms with Gasteiger partial charge in [-0.1, -0.05) is 36.0 Å². The summed E-state index contributed by atoms with van der Waals surface area (Å²) in [5.74, 6) is 0.580. The second-order valence-corrected chi connectivity index (χ2v) is 5.66. The van der Waals surface area contributed by atoms with Gasteiger partial charge in [-0.05, 0) is 44.6 Å². The Morgan fingerprint density at radius 3 is 2.61 bits per heavy atom. The summed E-state index contributed by atoms with van der Waals surface area (Å²) in [5.41, 5.74) is 3.52. The maximum absolute atomic E-state index is 12.2. The molecule has 0 aromatic heterocycles. The molecule has 2 aliphatic rings. The van der Waals surface area contributed by atoms with Crippen LogP contribution in [-0.2, 0) is 4.79 Å². The smallest absolute Gasteiger partial charge is 0.159 e. The van der Waals surface area contributed by atoms with E-state index in [0.717, 1.165) is 30.4 Å². The zero-order chi connectivity index (χ0) is 13.3. The molecule has 0 heterocycles. The summed E-state index contributed by atoms with van der Waals surface area (Å²) in [4.78, 5) is 12.2. The van der Waals surface area contributed by atoms with Crippen LogP contribution in [0.5, 0.6) is 0 Å². The molecule has 96 valence electrons. The first-order valence-corrected chi connectivity index (χ1v) is 6.67. The van der Waals surface area contributed by atoms with E-state index in [-0.39, 0.29) is 11.2 Å². The van der Waals surface area contributed by atoms with Gasteiger partial charge in [-0.2, -0.15) is 0 Å². The van der Waals surface area contributed by atoms with Crippen molar-refractivity contribution in [2.75, 3.05) is 0 Å². The zero-order valence-electron chi connectivity index (χ0n) is 11.5. The molecule has 1 nitrogen and oxygen atoms in total. The second kappa shape index (κ2) is 4.72. The fourth-order valence-electron chi connectivity index (χ4n) is 3.63. The van der Waals surface area contributed by atoms with Gasteiger partial charge in [-0.15, -0.1) is 6.58 Å². The van der Waals surface area contributed by atoms with Crippen LogP contribution in [0.15, 0.2) is 48.1 Å². The van der Waals surface area contributed by atoms with Crippen LogP contribution in [-0.4, -0.2) is 5.78 Å². The number of allylic oxidation sites excluding steroid dienone is 6. The second-order valence-electron chi connectivity index (χ2n) is 5.66.